The molecule has 1 aliphatic rings. The normalized spacial score (nSPS) is 17.1. The number of hydrogen-bond donors (Lipinski definition) is 1. The van der Waals surface area contributed by atoms with Crippen molar-refractivity contribution in [2.75, 3.05) is 5.32 Å². The van der Waals surface area contributed by atoms with E-state index in [2.05, 4.69) is 35.6 Å². The zero-order valence-corrected chi connectivity index (χ0v) is 11.5. The first kappa shape index (κ1) is 12.9. The number of fused-ring (bicyclic) bond motifs is 1. The van der Waals surface area contributed by atoms with Gasteiger partial charge in [-0.2, -0.15) is 0 Å². The Morgan fingerprint density at radius 1 is 1.15 bits per heavy atom. The van der Waals surface area contributed by atoms with Crippen LogP contribution in [0.15, 0.2) is 48.5 Å². The summed E-state index contributed by atoms with van der Waals surface area (Å²) in [6.07, 6.45) is 5.38. The average Bonchev–Trinajstić information content (AvgIpc) is 2.53. The molecule has 1 atom stereocenters. The number of hydrogen-bond acceptors (Lipinski definition) is 2. The maximum absolute atomic E-state index is 10.8. The summed E-state index contributed by atoms with van der Waals surface area (Å²) in [6, 6.07) is 17.1. The van der Waals surface area contributed by atoms with Gasteiger partial charge in [-0.05, 0) is 55.0 Å². The van der Waals surface area contributed by atoms with Crippen molar-refractivity contribution in [2.24, 2.45) is 0 Å². The Bertz CT molecular complexity index is 592. The van der Waals surface area contributed by atoms with Crippen LogP contribution in [0.25, 0.3) is 0 Å². The minimum atomic E-state index is 0.532. The fraction of sp³-hybridized carbons (Fsp3) is 0.278. The molecule has 2 aromatic carbocycles. The molecule has 20 heavy (non-hydrogen) atoms. The lowest BCUT2D eigenvalue weighted by atomic mass is 9.93. The van der Waals surface area contributed by atoms with Gasteiger partial charge in [0.05, 0.1) is 0 Å². The second-order valence-electron chi connectivity index (χ2n) is 5.44. The van der Waals surface area contributed by atoms with Crippen molar-refractivity contribution in [3.05, 3.63) is 65.2 Å². The van der Waals surface area contributed by atoms with Crippen molar-refractivity contribution in [3.8, 4) is 0 Å². The van der Waals surface area contributed by atoms with Crippen molar-refractivity contribution in [3.63, 3.8) is 0 Å². The maximum Gasteiger partial charge on any atom is 0.150 e. The maximum atomic E-state index is 10.8. The molecule has 2 nitrogen and oxygen atoms in total. The molecule has 0 saturated heterocycles. The van der Waals surface area contributed by atoms with E-state index in [1.165, 1.54) is 16.8 Å². The molecule has 0 fully saturated rings. The first-order chi connectivity index (χ1) is 9.85. The van der Waals surface area contributed by atoms with Crippen LogP contribution in [0.2, 0.25) is 0 Å². The molecule has 0 saturated carbocycles. The summed E-state index contributed by atoms with van der Waals surface area (Å²) < 4.78 is 0. The van der Waals surface area contributed by atoms with Crippen LogP contribution >= 0.6 is 0 Å². The molecule has 0 spiro atoms. The summed E-state index contributed by atoms with van der Waals surface area (Å²) in [6.45, 7) is 0. The highest BCUT2D eigenvalue weighted by molar-refractivity contribution is 5.77. The van der Waals surface area contributed by atoms with Crippen molar-refractivity contribution in [1.29, 1.82) is 0 Å². The molecule has 0 amide bonds. The predicted octanol–water partition coefficient (Wildman–Crippen LogP) is 3.86. The first-order valence-electron chi connectivity index (χ1n) is 7.24. The van der Waals surface area contributed by atoms with Gasteiger partial charge in [-0.15, -0.1) is 0 Å². The molecule has 1 aliphatic heterocycles. The Balaban J connectivity index is 1.62. The third kappa shape index (κ3) is 2.90. The molecule has 102 valence electrons. The monoisotopic (exact) mass is 265 g/mol. The zero-order valence-electron chi connectivity index (χ0n) is 11.5. The topological polar surface area (TPSA) is 29.1 Å². The largest absolute Gasteiger partial charge is 0.382 e. The fourth-order valence-corrected chi connectivity index (χ4v) is 2.86. The summed E-state index contributed by atoms with van der Waals surface area (Å²) in [5.41, 5.74) is 4.63. The molecule has 0 radical (unpaired) electrons. The number of nitrogens with one attached hydrogen (secondary N) is 1. The highest BCUT2D eigenvalue weighted by Crippen LogP contribution is 2.27. The summed E-state index contributed by atoms with van der Waals surface area (Å²) in [5.74, 6) is 0. The van der Waals surface area contributed by atoms with E-state index in [-0.39, 0.29) is 0 Å². The standard InChI is InChI=1S/C18H19NO/c20-13-15-7-11-18-16(12-15)8-10-17(19-18)9-6-14-4-2-1-3-5-14/h1-5,7,11-13,17,19H,6,8-10H2. The number of anilines is 1. The van der Waals surface area contributed by atoms with E-state index in [1.54, 1.807) is 0 Å². The summed E-state index contributed by atoms with van der Waals surface area (Å²) in [7, 11) is 0. The third-order valence-electron chi connectivity index (χ3n) is 4.01. The molecule has 2 aromatic rings. The summed E-state index contributed by atoms with van der Waals surface area (Å²) in [4.78, 5) is 10.8. The minimum absolute atomic E-state index is 0.532. The van der Waals surface area contributed by atoms with Gasteiger partial charge in [0, 0.05) is 17.3 Å². The highest BCUT2D eigenvalue weighted by atomic mass is 16.1. The third-order valence-corrected chi connectivity index (χ3v) is 4.01. The number of carbonyl (C=O) groups is 1. The number of benzene rings is 2. The van der Waals surface area contributed by atoms with Crippen LogP contribution in [0.4, 0.5) is 5.69 Å². The molecule has 0 aliphatic carbocycles. The van der Waals surface area contributed by atoms with Crippen molar-refractivity contribution in [2.45, 2.75) is 31.7 Å². The van der Waals surface area contributed by atoms with Gasteiger partial charge in [0.1, 0.15) is 6.29 Å². The number of aldehydes is 1. The average molecular weight is 265 g/mol. The molecule has 0 aromatic heterocycles. The van der Waals surface area contributed by atoms with Gasteiger partial charge < -0.3 is 5.32 Å². The molecule has 3 rings (SSSR count). The van der Waals surface area contributed by atoms with Crippen molar-refractivity contribution >= 4 is 12.0 Å². The lowest BCUT2D eigenvalue weighted by Crippen LogP contribution is -2.26. The SMILES string of the molecule is O=Cc1ccc2c(c1)CCC(CCc1ccccc1)N2. The molecule has 1 heterocycles. The van der Waals surface area contributed by atoms with Crippen LogP contribution in [-0.4, -0.2) is 12.3 Å². The highest BCUT2D eigenvalue weighted by Gasteiger charge is 2.17. The van der Waals surface area contributed by atoms with Crippen LogP contribution in [0.5, 0.6) is 0 Å². The van der Waals surface area contributed by atoms with Crippen LogP contribution < -0.4 is 5.32 Å². The second-order valence-corrected chi connectivity index (χ2v) is 5.44. The van der Waals surface area contributed by atoms with E-state index >= 15 is 0 Å². The first-order valence-corrected chi connectivity index (χ1v) is 7.24. The number of carbonyl (C=O) groups excluding carboxylic acids is 1. The molecule has 2 heteroatoms. The van der Waals surface area contributed by atoms with Gasteiger partial charge in [-0.1, -0.05) is 30.3 Å². The Hall–Kier alpha value is -2.09. The van der Waals surface area contributed by atoms with E-state index < -0.39 is 0 Å². The van der Waals surface area contributed by atoms with Crippen LogP contribution in [0.1, 0.15) is 34.3 Å². The lowest BCUT2D eigenvalue weighted by molar-refractivity contribution is 0.112. The van der Waals surface area contributed by atoms with Gasteiger partial charge >= 0.3 is 0 Å². The number of rotatable bonds is 4. The second kappa shape index (κ2) is 5.91. The minimum Gasteiger partial charge on any atom is -0.382 e. The van der Waals surface area contributed by atoms with E-state index in [9.17, 15) is 4.79 Å². The quantitative estimate of drug-likeness (QED) is 0.850. The van der Waals surface area contributed by atoms with Crippen molar-refractivity contribution < 1.29 is 4.79 Å². The van der Waals surface area contributed by atoms with Gasteiger partial charge in [-0.3, -0.25) is 4.79 Å². The van der Waals surface area contributed by atoms with Crippen LogP contribution in [-0.2, 0) is 12.8 Å². The predicted molar refractivity (Wildman–Crippen MR) is 82.3 cm³/mol. The van der Waals surface area contributed by atoms with Gasteiger partial charge in [-0.25, -0.2) is 0 Å². The summed E-state index contributed by atoms with van der Waals surface area (Å²) in [5, 5.41) is 3.60. The van der Waals surface area contributed by atoms with Crippen molar-refractivity contribution in [1.82, 2.24) is 0 Å². The van der Waals surface area contributed by atoms with Crippen LogP contribution in [0.3, 0.4) is 0 Å². The van der Waals surface area contributed by atoms with Crippen LogP contribution in [0, 0.1) is 0 Å². The Morgan fingerprint density at radius 2 is 2.00 bits per heavy atom. The molecule has 1 unspecified atom stereocenters. The molecular weight excluding hydrogens is 246 g/mol. The Labute approximate surface area is 119 Å². The molecular formula is C18H19NO. The van der Waals surface area contributed by atoms with E-state index in [0.29, 0.717) is 6.04 Å². The van der Waals surface area contributed by atoms with E-state index in [1.807, 2.05) is 18.2 Å². The van der Waals surface area contributed by atoms with Gasteiger partial charge in [0.2, 0.25) is 0 Å². The van der Waals surface area contributed by atoms with Gasteiger partial charge in [0.25, 0.3) is 0 Å². The smallest absolute Gasteiger partial charge is 0.150 e. The van der Waals surface area contributed by atoms with E-state index in [0.717, 1.165) is 37.5 Å². The molecule has 0 bridgehead atoms. The summed E-state index contributed by atoms with van der Waals surface area (Å²) >= 11 is 0. The lowest BCUT2D eigenvalue weighted by Gasteiger charge is -2.27. The molecule has 1 N–H and O–H groups in total. The van der Waals surface area contributed by atoms with E-state index in [4.69, 9.17) is 0 Å². The van der Waals surface area contributed by atoms with Gasteiger partial charge in [0.15, 0.2) is 0 Å². The number of aryl methyl sites for hydroxylation is 2. The Kier molecular flexibility index (Phi) is 3.82. The Morgan fingerprint density at radius 3 is 2.80 bits per heavy atom. The zero-order chi connectivity index (χ0) is 13.8. The fourth-order valence-electron chi connectivity index (χ4n) is 2.86.